The molecule has 4 rings (SSSR count). The molecule has 130 valence electrons. The molecule has 2 fully saturated rings. The highest BCUT2D eigenvalue weighted by Crippen LogP contribution is 2.42. The number of rotatable bonds is 7. The molecule has 5 nitrogen and oxygen atoms in total. The molecule has 24 heavy (non-hydrogen) atoms. The van der Waals surface area contributed by atoms with Gasteiger partial charge in [-0.15, -0.1) is 0 Å². The van der Waals surface area contributed by atoms with Gasteiger partial charge in [-0.25, -0.2) is 0 Å². The maximum Gasteiger partial charge on any atom is 0.192 e. The summed E-state index contributed by atoms with van der Waals surface area (Å²) < 4.78 is 5.87. The van der Waals surface area contributed by atoms with Gasteiger partial charge in [0.2, 0.25) is 0 Å². The first kappa shape index (κ1) is 16.0. The lowest BCUT2D eigenvalue weighted by molar-refractivity contribution is 0.237. The van der Waals surface area contributed by atoms with Crippen LogP contribution >= 0.6 is 0 Å². The summed E-state index contributed by atoms with van der Waals surface area (Å²) in [4.78, 5) is 2.48. The van der Waals surface area contributed by atoms with Crippen molar-refractivity contribution in [2.75, 3.05) is 26.2 Å². The molecule has 1 aromatic rings. The fourth-order valence-electron chi connectivity index (χ4n) is 3.92. The SMILES string of the molecule is c1cc(OCCN2CCCC2)ccc1CNC1CCCC2(C1)N=N2. The summed E-state index contributed by atoms with van der Waals surface area (Å²) in [6.45, 7) is 5.21. The van der Waals surface area contributed by atoms with Crippen molar-refractivity contribution in [2.45, 2.75) is 56.8 Å². The number of hydrogen-bond donors (Lipinski definition) is 1. The van der Waals surface area contributed by atoms with E-state index in [1.165, 1.54) is 44.3 Å². The van der Waals surface area contributed by atoms with Crippen LogP contribution in [0.25, 0.3) is 0 Å². The second kappa shape index (κ2) is 7.19. The molecule has 1 saturated carbocycles. The predicted molar refractivity (Wildman–Crippen MR) is 94.3 cm³/mol. The van der Waals surface area contributed by atoms with Crippen molar-refractivity contribution in [2.24, 2.45) is 10.2 Å². The lowest BCUT2D eigenvalue weighted by Gasteiger charge is -2.26. The van der Waals surface area contributed by atoms with E-state index in [-0.39, 0.29) is 5.66 Å². The van der Waals surface area contributed by atoms with Gasteiger partial charge in [0, 0.05) is 25.6 Å². The first-order valence-corrected chi connectivity index (χ1v) is 9.43. The molecule has 0 aromatic heterocycles. The Labute approximate surface area is 144 Å². The van der Waals surface area contributed by atoms with Gasteiger partial charge in [-0.2, -0.15) is 10.2 Å². The number of nitrogens with zero attached hydrogens (tertiary/aromatic N) is 3. The minimum absolute atomic E-state index is 0.00293. The quantitative estimate of drug-likeness (QED) is 0.835. The Morgan fingerprint density at radius 1 is 1.12 bits per heavy atom. The summed E-state index contributed by atoms with van der Waals surface area (Å²) in [5.41, 5.74) is 1.31. The summed E-state index contributed by atoms with van der Waals surface area (Å²) in [6.07, 6.45) is 7.37. The smallest absolute Gasteiger partial charge is 0.192 e. The number of hydrogen-bond acceptors (Lipinski definition) is 5. The van der Waals surface area contributed by atoms with Crippen LogP contribution in [-0.2, 0) is 6.54 Å². The van der Waals surface area contributed by atoms with E-state index in [2.05, 4.69) is 44.7 Å². The van der Waals surface area contributed by atoms with Gasteiger partial charge in [0.1, 0.15) is 12.4 Å². The van der Waals surface area contributed by atoms with E-state index < -0.39 is 0 Å². The molecule has 1 atom stereocenters. The third kappa shape index (κ3) is 4.14. The van der Waals surface area contributed by atoms with Crippen molar-refractivity contribution in [1.29, 1.82) is 0 Å². The van der Waals surface area contributed by atoms with Crippen LogP contribution < -0.4 is 10.1 Å². The monoisotopic (exact) mass is 328 g/mol. The average molecular weight is 328 g/mol. The maximum absolute atomic E-state index is 5.87. The molecule has 1 aromatic carbocycles. The maximum atomic E-state index is 5.87. The molecule has 0 amide bonds. The van der Waals surface area contributed by atoms with Gasteiger partial charge >= 0.3 is 0 Å². The molecular weight excluding hydrogens is 300 g/mol. The molecule has 5 heteroatoms. The number of nitrogens with one attached hydrogen (secondary N) is 1. The molecule has 1 spiro atoms. The van der Waals surface area contributed by atoms with E-state index in [1.54, 1.807) is 0 Å². The van der Waals surface area contributed by atoms with Gasteiger partial charge < -0.3 is 10.1 Å². The summed E-state index contributed by atoms with van der Waals surface area (Å²) in [5, 5.41) is 12.1. The highest BCUT2D eigenvalue weighted by Gasteiger charge is 2.44. The Bertz CT molecular complexity index is 559. The van der Waals surface area contributed by atoms with Crippen LogP contribution in [0.5, 0.6) is 5.75 Å². The summed E-state index contributed by atoms with van der Waals surface area (Å²) >= 11 is 0. The van der Waals surface area contributed by atoms with Crippen molar-refractivity contribution < 1.29 is 4.74 Å². The van der Waals surface area contributed by atoms with E-state index in [0.717, 1.165) is 38.3 Å². The van der Waals surface area contributed by atoms with Crippen molar-refractivity contribution in [3.63, 3.8) is 0 Å². The topological polar surface area (TPSA) is 49.2 Å². The Hall–Kier alpha value is -1.46. The van der Waals surface area contributed by atoms with Gasteiger partial charge in [0.15, 0.2) is 5.66 Å². The first-order chi connectivity index (χ1) is 11.8. The molecular formula is C19H28N4O. The van der Waals surface area contributed by atoms with Gasteiger partial charge in [0.25, 0.3) is 0 Å². The molecule has 0 bridgehead atoms. The van der Waals surface area contributed by atoms with E-state index in [1.807, 2.05) is 0 Å². The van der Waals surface area contributed by atoms with Gasteiger partial charge in [-0.1, -0.05) is 12.1 Å². The highest BCUT2D eigenvalue weighted by molar-refractivity contribution is 5.27. The minimum atomic E-state index is 0.00293. The van der Waals surface area contributed by atoms with Crippen LogP contribution in [0.1, 0.15) is 44.1 Å². The Balaban J connectivity index is 1.18. The molecule has 1 N–H and O–H groups in total. The normalized spacial score (nSPS) is 25.2. The fraction of sp³-hybridized carbons (Fsp3) is 0.684. The van der Waals surface area contributed by atoms with Crippen LogP contribution in [0.15, 0.2) is 34.5 Å². The van der Waals surface area contributed by atoms with Crippen LogP contribution in [0.4, 0.5) is 0 Å². The van der Waals surface area contributed by atoms with Crippen LogP contribution in [0.2, 0.25) is 0 Å². The largest absolute Gasteiger partial charge is 0.492 e. The van der Waals surface area contributed by atoms with Crippen LogP contribution in [0, 0.1) is 0 Å². The number of benzene rings is 1. The molecule has 1 aliphatic carbocycles. The van der Waals surface area contributed by atoms with Gasteiger partial charge in [-0.3, -0.25) is 4.90 Å². The van der Waals surface area contributed by atoms with Crippen molar-refractivity contribution in [3.8, 4) is 5.75 Å². The molecule has 2 heterocycles. The van der Waals surface area contributed by atoms with E-state index >= 15 is 0 Å². The van der Waals surface area contributed by atoms with Crippen molar-refractivity contribution in [3.05, 3.63) is 29.8 Å². The zero-order valence-electron chi connectivity index (χ0n) is 14.4. The Morgan fingerprint density at radius 3 is 2.67 bits per heavy atom. The zero-order valence-corrected chi connectivity index (χ0v) is 14.4. The van der Waals surface area contributed by atoms with E-state index in [4.69, 9.17) is 4.74 Å². The molecule has 0 radical (unpaired) electrons. The van der Waals surface area contributed by atoms with Crippen molar-refractivity contribution in [1.82, 2.24) is 10.2 Å². The van der Waals surface area contributed by atoms with E-state index in [0.29, 0.717) is 6.04 Å². The average Bonchev–Trinajstić information content (AvgIpc) is 3.14. The first-order valence-electron chi connectivity index (χ1n) is 9.43. The fourth-order valence-corrected chi connectivity index (χ4v) is 3.92. The number of likely N-dealkylation sites (tertiary alicyclic amines) is 1. The third-order valence-corrected chi connectivity index (χ3v) is 5.48. The molecule has 1 unspecified atom stereocenters. The molecule has 1 saturated heterocycles. The van der Waals surface area contributed by atoms with Crippen LogP contribution in [-0.4, -0.2) is 42.8 Å². The predicted octanol–water partition coefficient (Wildman–Crippen LogP) is 3.36. The Morgan fingerprint density at radius 2 is 1.92 bits per heavy atom. The zero-order chi connectivity index (χ0) is 16.2. The highest BCUT2D eigenvalue weighted by atomic mass is 16.5. The second-order valence-electron chi connectivity index (χ2n) is 7.40. The summed E-state index contributed by atoms with van der Waals surface area (Å²) in [6, 6.07) is 9.07. The third-order valence-electron chi connectivity index (χ3n) is 5.48. The Kier molecular flexibility index (Phi) is 4.81. The van der Waals surface area contributed by atoms with Crippen molar-refractivity contribution >= 4 is 0 Å². The van der Waals surface area contributed by atoms with Gasteiger partial charge in [-0.05, 0) is 62.9 Å². The summed E-state index contributed by atoms with van der Waals surface area (Å²) in [7, 11) is 0. The second-order valence-corrected chi connectivity index (χ2v) is 7.40. The lowest BCUT2D eigenvalue weighted by atomic mass is 9.88. The van der Waals surface area contributed by atoms with Crippen LogP contribution in [0.3, 0.4) is 0 Å². The van der Waals surface area contributed by atoms with Gasteiger partial charge in [0.05, 0.1) is 0 Å². The lowest BCUT2D eigenvalue weighted by Crippen LogP contribution is -2.37. The summed E-state index contributed by atoms with van der Waals surface area (Å²) in [5.74, 6) is 0.977. The van der Waals surface area contributed by atoms with E-state index in [9.17, 15) is 0 Å². The molecule has 2 aliphatic heterocycles. The standard InChI is InChI=1S/C19H28N4O/c1-2-11-23(10-1)12-13-24-18-7-5-16(6-8-18)15-20-17-4-3-9-19(14-17)21-22-19/h5-8,17,20H,1-4,9-15H2. The minimum Gasteiger partial charge on any atom is -0.492 e. The number of ether oxygens (including phenoxy) is 1. The molecule has 3 aliphatic rings.